The molecule has 3 heteroatoms. The number of rotatable bonds is 20. The first-order chi connectivity index (χ1) is 13.4. The van der Waals surface area contributed by atoms with E-state index in [1.807, 2.05) is 0 Å². The van der Waals surface area contributed by atoms with Crippen LogP contribution in [-0.2, 0) is 0 Å². The lowest BCUT2D eigenvalue weighted by Gasteiger charge is -2.09. The van der Waals surface area contributed by atoms with Gasteiger partial charge in [0, 0.05) is 0 Å². The van der Waals surface area contributed by atoms with Crippen molar-refractivity contribution >= 4 is 11.3 Å². The third kappa shape index (κ3) is 14.0. The largest absolute Gasteiger partial charge is 0.489 e. The van der Waals surface area contributed by atoms with Gasteiger partial charge in [0.05, 0.1) is 13.2 Å². The van der Waals surface area contributed by atoms with E-state index in [1.54, 1.807) is 11.3 Å². The topological polar surface area (TPSA) is 18.5 Å². The van der Waals surface area contributed by atoms with Gasteiger partial charge in [0.15, 0.2) is 5.75 Å². The summed E-state index contributed by atoms with van der Waals surface area (Å²) in [4.78, 5) is 0. The second kappa shape index (κ2) is 18.7. The maximum absolute atomic E-state index is 5.95. The minimum atomic E-state index is 0.819. The Bertz CT molecular complexity index is 380. The Labute approximate surface area is 173 Å². The second-order valence-electron chi connectivity index (χ2n) is 7.72. The fourth-order valence-corrected chi connectivity index (χ4v) is 4.02. The van der Waals surface area contributed by atoms with E-state index in [0.29, 0.717) is 0 Å². The van der Waals surface area contributed by atoms with E-state index in [1.165, 1.54) is 89.9 Å². The molecule has 0 N–H and O–H groups in total. The Morgan fingerprint density at radius 1 is 0.593 bits per heavy atom. The first-order valence-corrected chi connectivity index (χ1v) is 12.6. The highest BCUT2D eigenvalue weighted by Crippen LogP contribution is 2.34. The minimum Gasteiger partial charge on any atom is -0.489 e. The van der Waals surface area contributed by atoms with Gasteiger partial charge < -0.3 is 9.47 Å². The molecule has 27 heavy (non-hydrogen) atoms. The maximum atomic E-state index is 5.95. The van der Waals surface area contributed by atoms with Crippen LogP contribution in [0.1, 0.15) is 117 Å². The van der Waals surface area contributed by atoms with Crippen LogP contribution in [0.25, 0.3) is 0 Å². The van der Waals surface area contributed by atoms with Crippen LogP contribution < -0.4 is 9.47 Å². The van der Waals surface area contributed by atoms with Crippen LogP contribution >= 0.6 is 11.3 Å². The lowest BCUT2D eigenvalue weighted by molar-refractivity contribution is 0.265. The number of unbranched alkanes of at least 4 members (excludes halogenated alkanes) is 14. The molecule has 1 aromatic rings. The molecule has 0 amide bonds. The Morgan fingerprint density at radius 3 is 1.56 bits per heavy atom. The van der Waals surface area contributed by atoms with Crippen LogP contribution in [0.5, 0.6) is 10.8 Å². The summed E-state index contributed by atoms with van der Waals surface area (Å²) in [6, 6.07) is 2.05. The molecule has 0 unspecified atom stereocenters. The Hall–Kier alpha value is -0.700. The zero-order chi connectivity index (χ0) is 19.4. The highest BCUT2D eigenvalue weighted by atomic mass is 32.1. The molecular formula is C24H44O2S. The van der Waals surface area contributed by atoms with Crippen molar-refractivity contribution in [3.05, 3.63) is 11.4 Å². The molecule has 0 atom stereocenters. The molecule has 0 spiro atoms. The molecule has 0 saturated heterocycles. The molecule has 0 aliphatic carbocycles. The van der Waals surface area contributed by atoms with Crippen LogP contribution in [0.15, 0.2) is 11.4 Å². The molecule has 0 radical (unpaired) electrons. The molecule has 0 bridgehead atoms. The summed E-state index contributed by atoms with van der Waals surface area (Å²) in [7, 11) is 0. The standard InChI is InChI=1S/C24H44O2S/c1-3-5-7-9-11-13-15-17-20-25-23-19-22-27-24(23)26-21-18-16-14-12-10-8-6-4-2/h19,22H,3-18,20-21H2,1-2H3. The third-order valence-electron chi connectivity index (χ3n) is 5.08. The van der Waals surface area contributed by atoms with Crippen molar-refractivity contribution in [1.82, 2.24) is 0 Å². The van der Waals surface area contributed by atoms with Crippen LogP contribution in [-0.4, -0.2) is 13.2 Å². The van der Waals surface area contributed by atoms with Crippen LogP contribution in [0.2, 0.25) is 0 Å². The molecule has 1 heterocycles. The number of thiophene rings is 1. The quantitative estimate of drug-likeness (QED) is 0.205. The number of hydrogen-bond acceptors (Lipinski definition) is 3. The summed E-state index contributed by atoms with van der Waals surface area (Å²) < 4.78 is 11.9. The van der Waals surface area contributed by atoms with Crippen LogP contribution in [0, 0.1) is 0 Å². The van der Waals surface area contributed by atoms with Crippen molar-refractivity contribution in [1.29, 1.82) is 0 Å². The predicted molar refractivity (Wildman–Crippen MR) is 121 cm³/mol. The Kier molecular flexibility index (Phi) is 16.8. The van der Waals surface area contributed by atoms with Crippen molar-refractivity contribution < 1.29 is 9.47 Å². The summed E-state index contributed by atoms with van der Waals surface area (Å²) in [5.74, 6) is 0.947. The Morgan fingerprint density at radius 2 is 1.04 bits per heavy atom. The van der Waals surface area contributed by atoms with Crippen LogP contribution in [0.3, 0.4) is 0 Å². The molecule has 158 valence electrons. The van der Waals surface area contributed by atoms with E-state index in [2.05, 4.69) is 25.3 Å². The second-order valence-corrected chi connectivity index (χ2v) is 8.60. The van der Waals surface area contributed by atoms with Crippen molar-refractivity contribution in [2.45, 2.75) is 117 Å². The van der Waals surface area contributed by atoms with Gasteiger partial charge in [-0.3, -0.25) is 0 Å². The van der Waals surface area contributed by atoms with Gasteiger partial charge in [-0.2, -0.15) is 0 Å². The molecule has 0 saturated carbocycles. The highest BCUT2D eigenvalue weighted by Gasteiger charge is 2.06. The van der Waals surface area contributed by atoms with Gasteiger partial charge in [-0.05, 0) is 24.3 Å². The summed E-state index contributed by atoms with van der Waals surface area (Å²) in [6.07, 6.45) is 21.4. The van der Waals surface area contributed by atoms with Crippen molar-refractivity contribution in [2.75, 3.05) is 13.2 Å². The first-order valence-electron chi connectivity index (χ1n) is 11.7. The first kappa shape index (κ1) is 24.3. The lowest BCUT2D eigenvalue weighted by atomic mass is 10.1. The van der Waals surface area contributed by atoms with Gasteiger partial charge in [0.2, 0.25) is 5.06 Å². The Balaban J connectivity index is 1.96. The van der Waals surface area contributed by atoms with Crippen molar-refractivity contribution in [2.24, 2.45) is 0 Å². The average molecular weight is 397 g/mol. The summed E-state index contributed by atoms with van der Waals surface area (Å²) in [6.45, 7) is 6.19. The normalized spacial score (nSPS) is 11.0. The molecule has 1 rings (SSSR count). The van der Waals surface area contributed by atoms with Crippen molar-refractivity contribution in [3.63, 3.8) is 0 Å². The predicted octanol–water partition coefficient (Wildman–Crippen LogP) is 8.79. The molecule has 0 aliphatic heterocycles. The fraction of sp³-hybridized carbons (Fsp3) is 0.833. The van der Waals surface area contributed by atoms with E-state index in [4.69, 9.17) is 9.47 Å². The monoisotopic (exact) mass is 396 g/mol. The zero-order valence-electron chi connectivity index (χ0n) is 18.1. The molecule has 0 fully saturated rings. The average Bonchev–Trinajstić information content (AvgIpc) is 3.12. The van der Waals surface area contributed by atoms with Crippen molar-refractivity contribution in [3.8, 4) is 10.8 Å². The summed E-state index contributed by atoms with van der Waals surface area (Å²) in [5, 5.41) is 3.05. The van der Waals surface area contributed by atoms with Crippen LogP contribution in [0.4, 0.5) is 0 Å². The molecule has 0 aromatic carbocycles. The van der Waals surface area contributed by atoms with Gasteiger partial charge in [-0.1, -0.05) is 104 Å². The zero-order valence-corrected chi connectivity index (χ0v) is 18.9. The van der Waals surface area contributed by atoms with E-state index >= 15 is 0 Å². The lowest BCUT2D eigenvalue weighted by Crippen LogP contribution is -2.00. The van der Waals surface area contributed by atoms with E-state index in [-0.39, 0.29) is 0 Å². The van der Waals surface area contributed by atoms with Gasteiger partial charge in [-0.25, -0.2) is 0 Å². The minimum absolute atomic E-state index is 0.819. The van der Waals surface area contributed by atoms with Gasteiger partial charge >= 0.3 is 0 Å². The van der Waals surface area contributed by atoms with Gasteiger partial charge in [0.25, 0.3) is 0 Å². The van der Waals surface area contributed by atoms with E-state index in [0.717, 1.165) is 36.9 Å². The fourth-order valence-electron chi connectivity index (χ4n) is 3.31. The number of ether oxygens (including phenoxy) is 2. The SMILES string of the molecule is CCCCCCCCCCOc1ccsc1OCCCCCCCCCC. The summed E-state index contributed by atoms with van der Waals surface area (Å²) in [5.41, 5.74) is 0. The number of hydrogen-bond donors (Lipinski definition) is 0. The smallest absolute Gasteiger partial charge is 0.216 e. The maximum Gasteiger partial charge on any atom is 0.216 e. The third-order valence-corrected chi connectivity index (χ3v) is 5.89. The van der Waals surface area contributed by atoms with E-state index in [9.17, 15) is 0 Å². The van der Waals surface area contributed by atoms with E-state index < -0.39 is 0 Å². The highest BCUT2D eigenvalue weighted by molar-refractivity contribution is 7.12. The molecular weight excluding hydrogens is 352 g/mol. The molecule has 0 aliphatic rings. The van der Waals surface area contributed by atoms with Gasteiger partial charge in [-0.15, -0.1) is 11.3 Å². The molecule has 1 aromatic heterocycles. The summed E-state index contributed by atoms with van der Waals surface area (Å²) >= 11 is 1.66. The van der Waals surface area contributed by atoms with Gasteiger partial charge in [0.1, 0.15) is 0 Å². The molecule has 2 nitrogen and oxygen atoms in total.